The van der Waals surface area contributed by atoms with Crippen molar-refractivity contribution in [3.05, 3.63) is 48.6 Å². The number of allylic oxidation sites excluding steroid dienone is 2. The molecule has 1 saturated heterocycles. The molecule has 6 nitrogen and oxygen atoms in total. The highest BCUT2D eigenvalue weighted by Crippen LogP contribution is 2.29. The zero-order valence-electron chi connectivity index (χ0n) is 16.9. The molecular weight excluding hydrogens is 388 g/mol. The Morgan fingerprint density at radius 2 is 2.00 bits per heavy atom. The molecule has 1 N–H and O–H groups in total. The zero-order valence-corrected chi connectivity index (χ0v) is 17.7. The number of sulfone groups is 1. The lowest BCUT2D eigenvalue weighted by atomic mass is 9.82. The Labute approximate surface area is 173 Å². The van der Waals surface area contributed by atoms with E-state index in [9.17, 15) is 18.8 Å². The molecule has 1 heterocycles. The second-order valence-electron chi connectivity index (χ2n) is 8.13. The molecule has 2 aliphatic rings. The Bertz CT molecular complexity index is 917. The molecule has 3 rings (SSSR count). The van der Waals surface area contributed by atoms with Gasteiger partial charge in [-0.15, -0.1) is 0 Å². The van der Waals surface area contributed by atoms with Gasteiger partial charge in [0.1, 0.15) is 11.8 Å². The lowest BCUT2D eigenvalue weighted by Crippen LogP contribution is -2.37. The summed E-state index contributed by atoms with van der Waals surface area (Å²) in [6.45, 7) is 5.45. The Balaban J connectivity index is 1.49. The Kier molecular flexibility index (Phi) is 6.47. The molecule has 4 atom stereocenters. The monoisotopic (exact) mass is 416 g/mol. The van der Waals surface area contributed by atoms with Gasteiger partial charge in [0.05, 0.1) is 11.5 Å². The van der Waals surface area contributed by atoms with Gasteiger partial charge in [0.2, 0.25) is 0 Å². The summed E-state index contributed by atoms with van der Waals surface area (Å²) in [6, 6.07) is 8.54. The minimum Gasteiger partial charge on any atom is -0.493 e. The first-order valence-electron chi connectivity index (χ1n) is 9.86. The molecular formula is C22H28N2O4S. The van der Waals surface area contributed by atoms with Crippen LogP contribution in [0.5, 0.6) is 5.75 Å². The highest BCUT2D eigenvalue weighted by Gasteiger charge is 2.35. The zero-order chi connectivity index (χ0) is 21.1. The number of ether oxygens (including phenoxy) is 1. The summed E-state index contributed by atoms with van der Waals surface area (Å²) >= 11 is 0. The van der Waals surface area contributed by atoms with Crippen molar-refractivity contribution in [3.8, 4) is 11.8 Å². The number of nitriles is 1. The number of hydrogen-bond donors (Lipinski definition) is 1. The molecule has 0 bridgehead atoms. The molecule has 0 saturated carbocycles. The van der Waals surface area contributed by atoms with E-state index >= 15 is 0 Å². The lowest BCUT2D eigenvalue weighted by molar-refractivity contribution is 0.0925. The summed E-state index contributed by atoms with van der Waals surface area (Å²) in [5, 5.41) is 19.7. The maximum Gasteiger partial charge on any atom is 0.176 e. The summed E-state index contributed by atoms with van der Waals surface area (Å²) in [5.74, 6) is 1.32. The maximum absolute atomic E-state index is 11.5. The molecule has 1 aliphatic carbocycles. The summed E-state index contributed by atoms with van der Waals surface area (Å²) in [5.41, 5.74) is -1.42. The summed E-state index contributed by atoms with van der Waals surface area (Å²) in [4.78, 5) is 2.64. The number of aliphatic hydroxyl groups is 1. The Hall–Kier alpha value is -2.14. The van der Waals surface area contributed by atoms with Crippen molar-refractivity contribution in [3.63, 3.8) is 0 Å². The molecule has 2 unspecified atom stereocenters. The van der Waals surface area contributed by atoms with Crippen molar-refractivity contribution in [2.24, 2.45) is 17.8 Å². The van der Waals surface area contributed by atoms with E-state index < -0.39 is 15.4 Å². The van der Waals surface area contributed by atoms with Crippen LogP contribution in [0.1, 0.15) is 13.3 Å². The minimum absolute atomic E-state index is 0.198. The van der Waals surface area contributed by atoms with E-state index in [0.29, 0.717) is 24.2 Å². The van der Waals surface area contributed by atoms with Crippen LogP contribution in [-0.4, -0.2) is 56.5 Å². The first-order valence-corrected chi connectivity index (χ1v) is 11.8. The average molecular weight is 417 g/mol. The number of rotatable bonds is 7. The van der Waals surface area contributed by atoms with Crippen molar-refractivity contribution < 1.29 is 18.3 Å². The van der Waals surface area contributed by atoms with E-state index in [0.717, 1.165) is 26.1 Å². The fourth-order valence-corrected chi connectivity index (χ4v) is 4.59. The molecule has 7 heteroatoms. The van der Waals surface area contributed by atoms with Crippen molar-refractivity contribution in [1.29, 1.82) is 5.26 Å². The molecule has 0 spiro atoms. The van der Waals surface area contributed by atoms with Crippen LogP contribution >= 0.6 is 0 Å². The van der Waals surface area contributed by atoms with Gasteiger partial charge in [-0.25, -0.2) is 8.42 Å². The van der Waals surface area contributed by atoms with E-state index in [2.05, 4.69) is 11.8 Å². The van der Waals surface area contributed by atoms with Crippen LogP contribution in [0.4, 0.5) is 0 Å². The first-order chi connectivity index (χ1) is 13.7. The third-order valence-electron chi connectivity index (χ3n) is 5.87. The molecule has 1 aromatic rings. The van der Waals surface area contributed by atoms with Gasteiger partial charge in [0.15, 0.2) is 15.4 Å². The van der Waals surface area contributed by atoms with Crippen LogP contribution < -0.4 is 4.74 Å². The molecule has 1 fully saturated rings. The van der Waals surface area contributed by atoms with Crippen molar-refractivity contribution in [1.82, 2.24) is 4.90 Å². The second-order valence-corrected chi connectivity index (χ2v) is 10.1. The molecule has 156 valence electrons. The van der Waals surface area contributed by atoms with Gasteiger partial charge < -0.3 is 14.7 Å². The van der Waals surface area contributed by atoms with Gasteiger partial charge in [-0.3, -0.25) is 0 Å². The molecule has 1 aromatic carbocycles. The molecule has 29 heavy (non-hydrogen) atoms. The topological polar surface area (TPSA) is 90.6 Å². The van der Waals surface area contributed by atoms with E-state index in [1.165, 1.54) is 6.26 Å². The van der Waals surface area contributed by atoms with Crippen LogP contribution in [0.15, 0.2) is 53.5 Å². The quantitative estimate of drug-likeness (QED) is 0.687. The normalized spacial score (nSPS) is 29.7. The highest BCUT2D eigenvalue weighted by atomic mass is 32.2. The minimum atomic E-state index is -3.20. The Morgan fingerprint density at radius 1 is 1.28 bits per heavy atom. The van der Waals surface area contributed by atoms with Gasteiger partial charge in [0, 0.05) is 31.2 Å². The summed E-state index contributed by atoms with van der Waals surface area (Å²) in [7, 11) is -3.20. The van der Waals surface area contributed by atoms with Crippen LogP contribution in [0.3, 0.4) is 0 Å². The summed E-state index contributed by atoms with van der Waals surface area (Å²) < 4.78 is 29.0. The van der Waals surface area contributed by atoms with Gasteiger partial charge in [-0.2, -0.15) is 5.26 Å². The van der Waals surface area contributed by atoms with E-state index in [1.54, 1.807) is 36.4 Å². The first kappa shape index (κ1) is 21.6. The number of nitrogens with zero attached hydrogens (tertiary/aromatic N) is 2. The third kappa shape index (κ3) is 5.27. The third-order valence-corrected chi connectivity index (χ3v) is 6.99. The fraction of sp³-hybridized carbons (Fsp3) is 0.500. The van der Waals surface area contributed by atoms with Gasteiger partial charge in [-0.1, -0.05) is 25.2 Å². The van der Waals surface area contributed by atoms with Crippen LogP contribution in [0, 0.1) is 29.1 Å². The van der Waals surface area contributed by atoms with E-state index in [4.69, 9.17) is 4.74 Å². The number of hydrogen-bond acceptors (Lipinski definition) is 6. The number of likely N-dealkylation sites (tertiary alicyclic amines) is 1. The van der Waals surface area contributed by atoms with Crippen LogP contribution in [0.2, 0.25) is 0 Å². The van der Waals surface area contributed by atoms with Gasteiger partial charge in [0.25, 0.3) is 0 Å². The van der Waals surface area contributed by atoms with Crippen LogP contribution in [0.25, 0.3) is 0 Å². The predicted octanol–water partition coefficient (Wildman–Crippen LogP) is 2.42. The summed E-state index contributed by atoms with van der Waals surface area (Å²) in [6.07, 6.45) is 8.98. The van der Waals surface area contributed by atoms with Crippen molar-refractivity contribution in [2.75, 3.05) is 32.5 Å². The van der Waals surface area contributed by atoms with Crippen molar-refractivity contribution in [2.45, 2.75) is 23.8 Å². The second kappa shape index (κ2) is 8.70. The smallest absolute Gasteiger partial charge is 0.176 e. The van der Waals surface area contributed by atoms with Gasteiger partial charge in [-0.05, 0) is 49.2 Å². The lowest BCUT2D eigenvalue weighted by Gasteiger charge is -2.28. The van der Waals surface area contributed by atoms with Gasteiger partial charge >= 0.3 is 0 Å². The highest BCUT2D eigenvalue weighted by molar-refractivity contribution is 7.90. The standard InChI is InChI=1S/C22H28N2O4S/c1-17-13-24(12-10-19-5-3-4-11-22(19,25)16-23)14-18(17)15-28-20-6-8-21(9-7-20)29(2,26)27/h3-9,11,17-19,25H,10,12-15H2,1-2H3/t17-,18+,19?,22?/m1/s1. The fourth-order valence-electron chi connectivity index (χ4n) is 3.96. The molecule has 1 aliphatic heterocycles. The molecule has 0 amide bonds. The van der Waals surface area contributed by atoms with E-state index in [-0.39, 0.29) is 10.8 Å². The predicted molar refractivity (Wildman–Crippen MR) is 111 cm³/mol. The number of benzene rings is 1. The SMILES string of the molecule is C[C@@H]1CN(CCC2C=CC=CC2(O)C#N)C[C@H]1COc1ccc(S(C)(=O)=O)cc1. The molecule has 0 aromatic heterocycles. The largest absolute Gasteiger partial charge is 0.493 e. The Morgan fingerprint density at radius 3 is 2.66 bits per heavy atom. The maximum atomic E-state index is 11.5. The van der Waals surface area contributed by atoms with Crippen molar-refractivity contribution >= 4 is 9.84 Å². The molecule has 0 radical (unpaired) electrons. The van der Waals surface area contributed by atoms with E-state index in [1.807, 2.05) is 18.2 Å². The average Bonchev–Trinajstić information content (AvgIpc) is 3.05. The van der Waals surface area contributed by atoms with Crippen LogP contribution in [-0.2, 0) is 9.84 Å².